The van der Waals surface area contributed by atoms with Crippen LogP contribution in [-0.4, -0.2) is 29.6 Å². The first-order valence-electron chi connectivity index (χ1n) is 6.36. The molecule has 1 heterocycles. The van der Waals surface area contributed by atoms with E-state index in [1.54, 1.807) is 17.6 Å². The molecule has 1 aliphatic rings. The van der Waals surface area contributed by atoms with Gasteiger partial charge >= 0.3 is 0 Å². The number of rotatable bonds is 2. The fraction of sp³-hybridized carbons (Fsp3) is 0.500. The molecule has 1 fully saturated rings. The Balaban J connectivity index is 2.15. The molecule has 4 nitrogen and oxygen atoms in total. The van der Waals surface area contributed by atoms with Gasteiger partial charge in [0, 0.05) is 11.6 Å². The lowest BCUT2D eigenvalue weighted by atomic mass is 9.88. The summed E-state index contributed by atoms with van der Waals surface area (Å²) in [5.41, 5.74) is 3.36. The van der Waals surface area contributed by atoms with E-state index in [-0.39, 0.29) is 0 Å². The smallest absolute Gasteiger partial charge is 0.274 e. The average molecular weight is 248 g/mol. The van der Waals surface area contributed by atoms with Gasteiger partial charge in [-0.25, -0.2) is 5.48 Å². The van der Waals surface area contributed by atoms with Gasteiger partial charge in [-0.1, -0.05) is 19.1 Å². The highest BCUT2D eigenvalue weighted by Crippen LogP contribution is 2.32. The molecule has 1 amide bonds. The predicted octanol–water partition coefficient (Wildman–Crippen LogP) is 2.21. The summed E-state index contributed by atoms with van der Waals surface area (Å²) in [4.78, 5) is 13.6. The quantitative estimate of drug-likeness (QED) is 0.623. The van der Waals surface area contributed by atoms with Gasteiger partial charge in [-0.15, -0.1) is 0 Å². The van der Waals surface area contributed by atoms with E-state index >= 15 is 0 Å². The molecular formula is C14H20N2O2. The van der Waals surface area contributed by atoms with Crippen molar-refractivity contribution in [2.45, 2.75) is 25.8 Å². The molecule has 1 aromatic rings. The molecule has 2 unspecified atom stereocenters. The molecule has 0 saturated carbocycles. The normalized spacial score (nSPS) is 24.8. The Morgan fingerprint density at radius 1 is 1.39 bits per heavy atom. The number of hydroxylamine groups is 1. The Morgan fingerprint density at radius 3 is 2.67 bits per heavy atom. The third-order valence-electron chi connectivity index (χ3n) is 3.79. The highest BCUT2D eigenvalue weighted by Gasteiger charge is 2.24. The summed E-state index contributed by atoms with van der Waals surface area (Å²) in [5, 5.41) is 8.58. The van der Waals surface area contributed by atoms with E-state index in [1.807, 2.05) is 12.1 Å². The highest BCUT2D eigenvalue weighted by atomic mass is 16.5. The molecule has 2 N–H and O–H groups in total. The zero-order valence-electron chi connectivity index (χ0n) is 10.9. The van der Waals surface area contributed by atoms with Crippen LogP contribution in [0, 0.1) is 5.92 Å². The molecule has 0 aromatic heterocycles. The SMILES string of the molecule is CC1CCN(C)C(c2ccc(C(=O)NO)cc2)C1. The maximum Gasteiger partial charge on any atom is 0.274 e. The van der Waals surface area contributed by atoms with Crippen LogP contribution in [0.15, 0.2) is 24.3 Å². The van der Waals surface area contributed by atoms with Crippen LogP contribution in [0.3, 0.4) is 0 Å². The number of nitrogens with zero attached hydrogens (tertiary/aromatic N) is 1. The first-order valence-corrected chi connectivity index (χ1v) is 6.36. The van der Waals surface area contributed by atoms with Crippen LogP contribution in [-0.2, 0) is 0 Å². The van der Waals surface area contributed by atoms with Crippen molar-refractivity contribution in [1.82, 2.24) is 10.4 Å². The van der Waals surface area contributed by atoms with E-state index in [1.165, 1.54) is 12.0 Å². The molecule has 0 bridgehead atoms. The second kappa shape index (κ2) is 5.50. The number of amides is 1. The van der Waals surface area contributed by atoms with E-state index < -0.39 is 5.91 Å². The van der Waals surface area contributed by atoms with Crippen molar-refractivity contribution in [3.8, 4) is 0 Å². The first-order chi connectivity index (χ1) is 8.61. The average Bonchev–Trinajstić information content (AvgIpc) is 2.41. The minimum absolute atomic E-state index is 0.431. The van der Waals surface area contributed by atoms with Gasteiger partial charge in [0.05, 0.1) is 0 Å². The number of nitrogens with one attached hydrogen (secondary N) is 1. The third-order valence-corrected chi connectivity index (χ3v) is 3.79. The Labute approximate surface area is 108 Å². The van der Waals surface area contributed by atoms with Crippen LogP contribution in [0.2, 0.25) is 0 Å². The molecular weight excluding hydrogens is 228 g/mol. The number of likely N-dealkylation sites (tertiary alicyclic amines) is 1. The van der Waals surface area contributed by atoms with Gasteiger partial charge in [0.25, 0.3) is 5.91 Å². The lowest BCUT2D eigenvalue weighted by Gasteiger charge is -2.36. The van der Waals surface area contributed by atoms with Crippen molar-refractivity contribution >= 4 is 5.91 Å². The monoisotopic (exact) mass is 248 g/mol. The van der Waals surface area contributed by atoms with Crippen molar-refractivity contribution in [1.29, 1.82) is 0 Å². The van der Waals surface area contributed by atoms with Crippen LogP contribution in [0.25, 0.3) is 0 Å². The summed E-state index contributed by atoms with van der Waals surface area (Å²) < 4.78 is 0. The zero-order valence-corrected chi connectivity index (χ0v) is 10.9. The number of carbonyl (C=O) groups excluding carboxylic acids is 1. The first kappa shape index (κ1) is 13.1. The molecule has 0 radical (unpaired) electrons. The lowest BCUT2D eigenvalue weighted by molar-refractivity contribution is 0.0706. The molecule has 98 valence electrons. The molecule has 2 rings (SSSR count). The zero-order chi connectivity index (χ0) is 13.1. The van der Waals surface area contributed by atoms with Crippen LogP contribution in [0.5, 0.6) is 0 Å². The fourth-order valence-corrected chi connectivity index (χ4v) is 2.57. The van der Waals surface area contributed by atoms with E-state index in [9.17, 15) is 4.79 Å². The summed E-state index contributed by atoms with van der Waals surface area (Å²) in [5.74, 6) is 0.276. The van der Waals surface area contributed by atoms with Crippen molar-refractivity contribution < 1.29 is 10.0 Å². The van der Waals surface area contributed by atoms with Crippen molar-refractivity contribution in [2.24, 2.45) is 5.92 Å². The molecule has 1 saturated heterocycles. The number of hydrogen-bond acceptors (Lipinski definition) is 3. The Hall–Kier alpha value is -1.39. The van der Waals surface area contributed by atoms with Crippen LogP contribution in [0.1, 0.15) is 41.7 Å². The molecule has 0 spiro atoms. The number of carbonyl (C=O) groups is 1. The largest absolute Gasteiger partial charge is 0.299 e. The molecule has 0 aliphatic carbocycles. The maximum absolute atomic E-state index is 11.2. The van der Waals surface area contributed by atoms with Crippen LogP contribution >= 0.6 is 0 Å². The second-order valence-corrected chi connectivity index (χ2v) is 5.19. The highest BCUT2D eigenvalue weighted by molar-refractivity contribution is 5.93. The summed E-state index contributed by atoms with van der Waals surface area (Å²) >= 11 is 0. The summed E-state index contributed by atoms with van der Waals surface area (Å²) in [6.45, 7) is 3.40. The van der Waals surface area contributed by atoms with Gasteiger partial charge in [0.15, 0.2) is 0 Å². The predicted molar refractivity (Wildman–Crippen MR) is 69.5 cm³/mol. The van der Waals surface area contributed by atoms with Crippen molar-refractivity contribution in [2.75, 3.05) is 13.6 Å². The van der Waals surface area contributed by atoms with Gasteiger partial charge in [-0.2, -0.15) is 0 Å². The van der Waals surface area contributed by atoms with Crippen LogP contribution < -0.4 is 5.48 Å². The number of hydrogen-bond donors (Lipinski definition) is 2. The minimum atomic E-state index is -0.466. The Bertz CT molecular complexity index is 416. The molecule has 1 aromatic carbocycles. The molecule has 1 aliphatic heterocycles. The lowest BCUT2D eigenvalue weighted by Crippen LogP contribution is -2.33. The Kier molecular flexibility index (Phi) is 3.99. The van der Waals surface area contributed by atoms with Crippen LogP contribution in [0.4, 0.5) is 0 Å². The number of benzene rings is 1. The van der Waals surface area contributed by atoms with Gasteiger partial charge in [0.2, 0.25) is 0 Å². The van der Waals surface area contributed by atoms with Gasteiger partial charge < -0.3 is 0 Å². The molecule has 18 heavy (non-hydrogen) atoms. The number of piperidine rings is 1. The standard InChI is InChI=1S/C14H20N2O2/c1-10-7-8-16(2)13(9-10)11-3-5-12(6-4-11)14(17)15-18/h3-6,10,13,18H,7-9H2,1-2H3,(H,15,17). The summed E-state index contributed by atoms with van der Waals surface area (Å²) in [6.07, 6.45) is 2.40. The maximum atomic E-state index is 11.2. The van der Waals surface area contributed by atoms with E-state index in [4.69, 9.17) is 5.21 Å². The topological polar surface area (TPSA) is 52.6 Å². The van der Waals surface area contributed by atoms with E-state index in [2.05, 4.69) is 18.9 Å². The van der Waals surface area contributed by atoms with E-state index in [0.717, 1.165) is 18.9 Å². The third kappa shape index (κ3) is 2.71. The second-order valence-electron chi connectivity index (χ2n) is 5.19. The van der Waals surface area contributed by atoms with Gasteiger partial charge in [0.1, 0.15) is 0 Å². The molecule has 4 heteroatoms. The Morgan fingerprint density at radius 2 is 2.06 bits per heavy atom. The van der Waals surface area contributed by atoms with Crippen molar-refractivity contribution in [3.63, 3.8) is 0 Å². The van der Waals surface area contributed by atoms with Crippen molar-refractivity contribution in [3.05, 3.63) is 35.4 Å². The molecule has 2 atom stereocenters. The summed E-state index contributed by atoms with van der Waals surface area (Å²) in [6, 6.07) is 7.90. The minimum Gasteiger partial charge on any atom is -0.299 e. The fourth-order valence-electron chi connectivity index (χ4n) is 2.57. The van der Waals surface area contributed by atoms with E-state index in [0.29, 0.717) is 11.6 Å². The van der Waals surface area contributed by atoms with Gasteiger partial charge in [-0.05, 0) is 50.0 Å². The van der Waals surface area contributed by atoms with Gasteiger partial charge in [-0.3, -0.25) is 14.9 Å². The summed E-state index contributed by atoms with van der Waals surface area (Å²) in [7, 11) is 2.14.